The summed E-state index contributed by atoms with van der Waals surface area (Å²) in [6.07, 6.45) is 1.67. The van der Waals surface area contributed by atoms with Crippen LogP contribution in [0.3, 0.4) is 0 Å². The second kappa shape index (κ2) is 23.5. The van der Waals surface area contributed by atoms with Crippen molar-refractivity contribution in [3.8, 4) is 34.8 Å². The van der Waals surface area contributed by atoms with Crippen LogP contribution in [0.15, 0.2) is 109 Å². The van der Waals surface area contributed by atoms with Crippen LogP contribution in [0.4, 0.5) is 11.6 Å². The number of carbonyl (C=O) groups is 2. The first kappa shape index (κ1) is 45.8. The van der Waals surface area contributed by atoms with Crippen LogP contribution in [0.5, 0.6) is 23.5 Å². The summed E-state index contributed by atoms with van der Waals surface area (Å²) in [6.45, 7) is 1.41. The van der Waals surface area contributed by atoms with Crippen LogP contribution in [0.2, 0.25) is 5.15 Å². The van der Waals surface area contributed by atoms with Gasteiger partial charge in [0, 0.05) is 30.8 Å². The molecule has 0 radical (unpaired) electrons. The summed E-state index contributed by atoms with van der Waals surface area (Å²) >= 11 is 5.87. The van der Waals surface area contributed by atoms with Gasteiger partial charge in [0.15, 0.2) is 0 Å². The third-order valence-electron chi connectivity index (χ3n) is 8.34. The standard InChI is InChI=1S/C21H21N3O4.C14H16ClN3O2.C7H7BO4/c1-27-17-8-6-14(7-9-17)10-11-22-19-13-18(23-21(24-19)28-2)15-4-3-5-16(12-15)20(25)26;1-19-11-5-3-10(4-6-11)7-8-16-13-9-12(15)17-14(18-13)20-2;9-7(10)5-2-1-3-6(4-5)8(11)12/h3-9,12-13H,10-11H2,1-2H3,(H,25,26)(H,22,23,24);3-6,9H,7-8H2,1-2H3,(H,16,17,18);1-4,11-12H,(H,9,10). The number of aromatic nitrogens is 4. The van der Waals surface area contributed by atoms with Gasteiger partial charge in [-0.2, -0.15) is 19.9 Å². The number of aromatic carboxylic acids is 2. The Hall–Kier alpha value is -6.95. The molecule has 0 aliphatic heterocycles. The highest BCUT2D eigenvalue weighted by Crippen LogP contribution is 2.24. The Morgan fingerprint density at radius 1 is 0.600 bits per heavy atom. The number of rotatable bonds is 16. The Balaban J connectivity index is 0.000000216. The minimum Gasteiger partial charge on any atom is -0.497 e. The Bertz CT molecular complexity index is 2300. The molecule has 0 spiro atoms. The second-order valence-corrected chi connectivity index (χ2v) is 12.8. The van der Waals surface area contributed by atoms with Crippen LogP contribution in [-0.2, 0) is 12.8 Å². The van der Waals surface area contributed by atoms with Crippen LogP contribution < -0.4 is 35.0 Å². The molecule has 0 saturated carbocycles. The number of methoxy groups -OCH3 is 4. The molecule has 0 amide bonds. The minimum atomic E-state index is -1.62. The summed E-state index contributed by atoms with van der Waals surface area (Å²) in [7, 11) is 4.68. The lowest BCUT2D eigenvalue weighted by molar-refractivity contribution is 0.0686. The van der Waals surface area contributed by atoms with E-state index < -0.39 is 19.1 Å². The second-order valence-electron chi connectivity index (χ2n) is 12.4. The quantitative estimate of drug-likeness (QED) is 0.0531. The van der Waals surface area contributed by atoms with E-state index >= 15 is 0 Å². The SMILES string of the molecule is COc1ccc(CCNc2cc(-c3cccc(C(=O)O)c3)nc(OC)n2)cc1.COc1ccc(CCNc2cc(Cl)nc(OC)n2)cc1.O=C(O)c1cccc(B(O)O)c1. The van der Waals surface area contributed by atoms with Gasteiger partial charge >= 0.3 is 31.1 Å². The Kier molecular flexibility index (Phi) is 17.9. The van der Waals surface area contributed by atoms with E-state index in [9.17, 15) is 14.7 Å². The number of anilines is 2. The zero-order valence-electron chi connectivity index (χ0n) is 33.2. The topological polar surface area (TPSA) is 228 Å². The highest BCUT2D eigenvalue weighted by Gasteiger charge is 2.13. The molecule has 4 aromatic carbocycles. The Morgan fingerprint density at radius 3 is 1.57 bits per heavy atom. The van der Waals surface area contributed by atoms with Crippen LogP contribution in [0.25, 0.3) is 11.3 Å². The van der Waals surface area contributed by atoms with E-state index in [1.54, 1.807) is 44.6 Å². The third kappa shape index (κ3) is 14.8. The summed E-state index contributed by atoms with van der Waals surface area (Å²) in [4.78, 5) is 38.3. The van der Waals surface area contributed by atoms with Gasteiger partial charge in [-0.1, -0.05) is 60.1 Å². The third-order valence-corrected chi connectivity index (χ3v) is 8.53. The molecular formula is C42H44BClN6O10. The Morgan fingerprint density at radius 2 is 1.08 bits per heavy atom. The highest BCUT2D eigenvalue weighted by atomic mass is 35.5. The van der Waals surface area contributed by atoms with Gasteiger partial charge in [-0.3, -0.25) is 0 Å². The molecule has 2 heterocycles. The molecule has 16 nitrogen and oxygen atoms in total. The zero-order chi connectivity index (χ0) is 43.4. The molecule has 18 heteroatoms. The summed E-state index contributed by atoms with van der Waals surface area (Å²) in [5.74, 6) is 0.865. The van der Waals surface area contributed by atoms with E-state index in [-0.39, 0.29) is 28.6 Å². The molecule has 0 atom stereocenters. The number of ether oxygens (including phenoxy) is 4. The summed E-state index contributed by atoms with van der Waals surface area (Å²) in [6, 6.07) is 31.9. The highest BCUT2D eigenvalue weighted by molar-refractivity contribution is 6.58. The number of nitrogens with one attached hydrogen (secondary N) is 2. The molecule has 6 rings (SSSR count). The van der Waals surface area contributed by atoms with Gasteiger partial charge in [0.1, 0.15) is 28.3 Å². The van der Waals surface area contributed by atoms with E-state index in [4.69, 9.17) is 45.7 Å². The maximum atomic E-state index is 11.2. The predicted molar refractivity (Wildman–Crippen MR) is 228 cm³/mol. The van der Waals surface area contributed by atoms with E-state index in [2.05, 4.69) is 30.6 Å². The molecule has 6 aromatic rings. The van der Waals surface area contributed by atoms with Crippen LogP contribution in [-0.4, -0.2) is 101 Å². The molecule has 0 aliphatic carbocycles. The molecule has 0 fully saturated rings. The monoisotopic (exact) mass is 838 g/mol. The lowest BCUT2D eigenvalue weighted by atomic mass is 9.80. The van der Waals surface area contributed by atoms with E-state index in [0.29, 0.717) is 34.6 Å². The summed E-state index contributed by atoms with van der Waals surface area (Å²) in [5.41, 5.74) is 4.06. The van der Waals surface area contributed by atoms with E-state index in [1.807, 2.05) is 48.5 Å². The first-order valence-electron chi connectivity index (χ1n) is 18.2. The van der Waals surface area contributed by atoms with Crippen molar-refractivity contribution in [1.82, 2.24) is 19.9 Å². The van der Waals surface area contributed by atoms with Gasteiger partial charge in [-0.15, -0.1) is 0 Å². The molecule has 0 aliphatic rings. The molecule has 0 saturated heterocycles. The van der Waals surface area contributed by atoms with Crippen LogP contribution in [0, 0.1) is 0 Å². The van der Waals surface area contributed by atoms with Crippen LogP contribution in [0.1, 0.15) is 31.8 Å². The smallest absolute Gasteiger partial charge is 0.488 e. The van der Waals surface area contributed by atoms with Crippen molar-refractivity contribution in [2.45, 2.75) is 12.8 Å². The molecule has 0 bridgehead atoms. The number of carboxylic acids is 2. The van der Waals surface area contributed by atoms with Crippen molar-refractivity contribution in [1.29, 1.82) is 0 Å². The minimum absolute atomic E-state index is 0.0422. The fraction of sp³-hybridized carbons (Fsp3) is 0.190. The number of carboxylic acid groups (broad SMARTS) is 2. The van der Waals surface area contributed by atoms with Crippen molar-refractivity contribution >= 4 is 47.8 Å². The Labute approximate surface area is 352 Å². The maximum absolute atomic E-state index is 11.2. The largest absolute Gasteiger partial charge is 0.497 e. The molecule has 2 aromatic heterocycles. The normalized spacial score (nSPS) is 10.1. The van der Waals surface area contributed by atoms with E-state index in [1.165, 1.54) is 55.7 Å². The van der Waals surface area contributed by atoms with Crippen molar-refractivity contribution < 1.29 is 48.8 Å². The molecule has 312 valence electrons. The molecule has 6 N–H and O–H groups in total. The van der Waals surface area contributed by atoms with Gasteiger partial charge in [-0.25, -0.2) is 9.59 Å². The van der Waals surface area contributed by atoms with Gasteiger partial charge in [0.05, 0.1) is 45.3 Å². The average molecular weight is 839 g/mol. The maximum Gasteiger partial charge on any atom is 0.488 e. The van der Waals surface area contributed by atoms with Crippen molar-refractivity contribution in [3.63, 3.8) is 0 Å². The fourth-order valence-electron chi connectivity index (χ4n) is 5.23. The van der Waals surface area contributed by atoms with Gasteiger partial charge < -0.3 is 49.8 Å². The summed E-state index contributed by atoms with van der Waals surface area (Å²) in [5, 5.41) is 41.9. The number of benzene rings is 4. The first-order chi connectivity index (χ1) is 28.9. The number of hydrogen-bond acceptors (Lipinski definition) is 14. The van der Waals surface area contributed by atoms with Crippen LogP contribution >= 0.6 is 11.6 Å². The lowest BCUT2D eigenvalue weighted by Gasteiger charge is -2.10. The number of hydrogen-bond donors (Lipinski definition) is 6. The fourth-order valence-corrected chi connectivity index (χ4v) is 5.41. The molecule has 0 unspecified atom stereocenters. The zero-order valence-corrected chi connectivity index (χ0v) is 34.0. The van der Waals surface area contributed by atoms with Crippen molar-refractivity contribution in [3.05, 3.63) is 137 Å². The van der Waals surface area contributed by atoms with Crippen molar-refractivity contribution in [2.24, 2.45) is 0 Å². The van der Waals surface area contributed by atoms with Gasteiger partial charge in [0.2, 0.25) is 0 Å². The molecule has 60 heavy (non-hydrogen) atoms. The van der Waals surface area contributed by atoms with Crippen molar-refractivity contribution in [2.75, 3.05) is 52.2 Å². The number of halogens is 1. The average Bonchev–Trinajstić information content (AvgIpc) is 3.27. The predicted octanol–water partition coefficient (Wildman–Crippen LogP) is 5.38. The van der Waals surface area contributed by atoms with Gasteiger partial charge in [0.25, 0.3) is 0 Å². The summed E-state index contributed by atoms with van der Waals surface area (Å²) < 4.78 is 20.4. The van der Waals surface area contributed by atoms with Gasteiger partial charge in [-0.05, 0) is 78.0 Å². The molecular weight excluding hydrogens is 795 g/mol. The van der Waals surface area contributed by atoms with E-state index in [0.717, 1.165) is 30.9 Å². The first-order valence-corrected chi connectivity index (χ1v) is 18.6. The number of nitrogens with zero attached hydrogens (tertiary/aromatic N) is 4. The lowest BCUT2D eigenvalue weighted by Crippen LogP contribution is -2.30.